The lowest BCUT2D eigenvalue weighted by molar-refractivity contribution is -0.139. The maximum Gasteiger partial charge on any atom is 0.326 e. The van der Waals surface area contributed by atoms with E-state index in [0.29, 0.717) is 44.6 Å². The highest BCUT2D eigenvalue weighted by atomic mass is 16.4. The van der Waals surface area contributed by atoms with E-state index in [2.05, 4.69) is 56.3 Å². The van der Waals surface area contributed by atoms with Crippen molar-refractivity contribution < 1.29 is 14.7 Å². The van der Waals surface area contributed by atoms with Gasteiger partial charge in [-0.2, -0.15) is 0 Å². The molecular weight excluding hydrogens is 649 g/mol. The topological polar surface area (TPSA) is 142 Å². The third-order valence-electron chi connectivity index (χ3n) is 9.57. The van der Waals surface area contributed by atoms with Gasteiger partial charge in [0.05, 0.1) is 11.4 Å². The summed E-state index contributed by atoms with van der Waals surface area (Å²) >= 11 is 0. The predicted octanol–water partition coefficient (Wildman–Crippen LogP) is 6.85. The summed E-state index contributed by atoms with van der Waals surface area (Å²) in [6.45, 7) is 2.52. The van der Waals surface area contributed by atoms with Crippen LogP contribution in [0.2, 0.25) is 0 Å². The number of fused-ring (bicyclic) bond motifs is 3. The molecule has 2 atom stereocenters. The van der Waals surface area contributed by atoms with Gasteiger partial charge in [-0.25, -0.2) is 4.79 Å². The number of hydrogen-bond acceptors (Lipinski definition) is 7. The molecular formula is C43H46N6O3. The van der Waals surface area contributed by atoms with Crippen molar-refractivity contribution >= 4 is 33.4 Å². The number of carbonyl (C=O) groups excluding carboxylic acids is 1. The summed E-state index contributed by atoms with van der Waals surface area (Å²) in [6.07, 6.45) is 7.73. The zero-order chi connectivity index (χ0) is 36.1. The van der Waals surface area contributed by atoms with E-state index in [9.17, 15) is 14.7 Å². The Labute approximate surface area is 304 Å². The normalized spacial score (nSPS) is 14.2. The number of rotatable bonds is 13. The molecule has 9 heteroatoms. The van der Waals surface area contributed by atoms with Crippen molar-refractivity contribution in [1.82, 2.24) is 25.9 Å². The highest BCUT2D eigenvalue weighted by Gasteiger charge is 2.23. The molecule has 1 aliphatic carbocycles. The molecule has 6 N–H and O–H groups in total. The molecule has 4 aromatic carbocycles. The van der Waals surface area contributed by atoms with Gasteiger partial charge in [0.2, 0.25) is 0 Å². The van der Waals surface area contributed by atoms with Crippen LogP contribution in [-0.2, 0) is 30.8 Å². The molecule has 266 valence electrons. The van der Waals surface area contributed by atoms with Gasteiger partial charge in [0.1, 0.15) is 6.04 Å². The minimum atomic E-state index is -1.03. The Morgan fingerprint density at radius 3 is 2.37 bits per heavy atom. The molecule has 0 saturated carbocycles. The third kappa shape index (κ3) is 9.24. The number of aromatic nitrogens is 2. The Hall–Kier alpha value is -5.48. The average Bonchev–Trinajstić information content (AvgIpc) is 3.19. The number of aryl methyl sites for hydroxylation is 1. The SMILES string of the molecule is NCc1cccc2ccccc12.O=C(N[C@@H](CCCN[C@H]1CCCc2cccnc21)C(=O)O)c1ccc(CNCc2ccccn2)c2ccccc12. The number of amides is 1. The van der Waals surface area contributed by atoms with Gasteiger partial charge in [-0.15, -0.1) is 0 Å². The van der Waals surface area contributed by atoms with E-state index in [1.165, 1.54) is 21.9 Å². The second-order valence-corrected chi connectivity index (χ2v) is 13.0. The van der Waals surface area contributed by atoms with Crippen LogP contribution in [0.15, 0.2) is 122 Å². The molecule has 9 nitrogen and oxygen atoms in total. The van der Waals surface area contributed by atoms with Crippen LogP contribution < -0.4 is 21.7 Å². The summed E-state index contributed by atoms with van der Waals surface area (Å²) in [5.74, 6) is -1.41. The van der Waals surface area contributed by atoms with E-state index in [1.54, 1.807) is 12.3 Å². The molecule has 7 rings (SSSR count). The molecule has 0 bridgehead atoms. The number of carboxylic acid groups (broad SMARTS) is 1. The van der Waals surface area contributed by atoms with Crippen LogP contribution >= 0.6 is 0 Å². The lowest BCUT2D eigenvalue weighted by Gasteiger charge is -2.25. The van der Waals surface area contributed by atoms with Gasteiger partial charge in [0.25, 0.3) is 5.91 Å². The molecule has 0 aliphatic heterocycles. The second kappa shape index (κ2) is 18.1. The first kappa shape index (κ1) is 36.3. The molecule has 0 unspecified atom stereocenters. The standard InChI is InChI=1S/C32H35N5O3.C11H11N/c38-31(37-29(32(39)40)14-7-18-35-28-13-5-8-22-9-6-19-36-30(22)28)27-16-15-23(25-11-1-2-12-26(25)27)20-33-21-24-10-3-4-17-34-24;12-8-10-6-3-5-9-4-1-2-7-11(9)10/h1-4,6,9-12,15-17,19,28-29,33,35H,5,7-8,13-14,18,20-21H2,(H,37,38)(H,39,40);1-7H,8,12H2/t28-,29-;/m0./s1. The number of carbonyl (C=O) groups is 2. The zero-order valence-corrected chi connectivity index (χ0v) is 29.3. The van der Waals surface area contributed by atoms with Crippen molar-refractivity contribution in [2.24, 2.45) is 5.73 Å². The van der Waals surface area contributed by atoms with Crippen LogP contribution in [0, 0.1) is 0 Å². The number of hydrogen-bond donors (Lipinski definition) is 5. The maximum absolute atomic E-state index is 13.3. The van der Waals surface area contributed by atoms with E-state index in [-0.39, 0.29) is 11.9 Å². The van der Waals surface area contributed by atoms with Crippen molar-refractivity contribution in [3.8, 4) is 0 Å². The van der Waals surface area contributed by atoms with Gasteiger partial charge in [0.15, 0.2) is 0 Å². The van der Waals surface area contributed by atoms with E-state index in [1.807, 2.05) is 79.0 Å². The van der Waals surface area contributed by atoms with Gasteiger partial charge >= 0.3 is 5.97 Å². The van der Waals surface area contributed by atoms with Gasteiger partial charge in [-0.3, -0.25) is 14.8 Å². The summed E-state index contributed by atoms with van der Waals surface area (Å²) in [7, 11) is 0. The van der Waals surface area contributed by atoms with Crippen molar-refractivity contribution in [3.05, 3.63) is 155 Å². The average molecular weight is 695 g/mol. The van der Waals surface area contributed by atoms with E-state index in [0.717, 1.165) is 47.0 Å². The quantitative estimate of drug-likeness (QED) is 0.0827. The second-order valence-electron chi connectivity index (χ2n) is 13.0. The third-order valence-corrected chi connectivity index (χ3v) is 9.57. The number of carboxylic acids is 1. The lowest BCUT2D eigenvalue weighted by atomic mass is 9.92. The molecule has 1 amide bonds. The number of benzene rings is 4. The Morgan fingerprint density at radius 2 is 1.56 bits per heavy atom. The summed E-state index contributed by atoms with van der Waals surface area (Å²) in [6, 6.07) is 35.1. The number of nitrogens with zero attached hydrogens (tertiary/aromatic N) is 2. The summed E-state index contributed by atoms with van der Waals surface area (Å²) in [5.41, 5.74) is 11.7. The number of nitrogens with two attached hydrogens (primary N) is 1. The number of aliphatic carboxylic acids is 1. The van der Waals surface area contributed by atoms with Crippen molar-refractivity contribution in [2.75, 3.05) is 6.54 Å². The van der Waals surface area contributed by atoms with E-state index >= 15 is 0 Å². The van der Waals surface area contributed by atoms with Gasteiger partial charge in [-0.05, 0) is 101 Å². The molecule has 0 spiro atoms. The minimum Gasteiger partial charge on any atom is -0.480 e. The smallest absolute Gasteiger partial charge is 0.326 e. The molecule has 0 radical (unpaired) electrons. The molecule has 1 aliphatic rings. The van der Waals surface area contributed by atoms with E-state index in [4.69, 9.17) is 5.73 Å². The van der Waals surface area contributed by atoms with Gasteiger partial charge < -0.3 is 26.8 Å². The van der Waals surface area contributed by atoms with Gasteiger partial charge in [-0.1, -0.05) is 84.9 Å². The van der Waals surface area contributed by atoms with Crippen LogP contribution in [-0.4, -0.2) is 39.5 Å². The number of nitrogens with one attached hydrogen (secondary N) is 3. The minimum absolute atomic E-state index is 0.186. The van der Waals surface area contributed by atoms with Crippen molar-refractivity contribution in [3.63, 3.8) is 0 Å². The monoisotopic (exact) mass is 694 g/mol. The largest absolute Gasteiger partial charge is 0.480 e. The first-order valence-electron chi connectivity index (χ1n) is 18.0. The fourth-order valence-corrected chi connectivity index (χ4v) is 6.90. The highest BCUT2D eigenvalue weighted by Crippen LogP contribution is 2.28. The summed E-state index contributed by atoms with van der Waals surface area (Å²) in [4.78, 5) is 34.2. The fraction of sp³-hybridized carbons (Fsp3) is 0.256. The van der Waals surface area contributed by atoms with Crippen molar-refractivity contribution in [1.29, 1.82) is 0 Å². The van der Waals surface area contributed by atoms with Gasteiger partial charge in [0, 0.05) is 43.6 Å². The molecule has 6 aromatic rings. The summed E-state index contributed by atoms with van der Waals surface area (Å²) < 4.78 is 0. The van der Waals surface area contributed by atoms with E-state index < -0.39 is 12.0 Å². The van der Waals surface area contributed by atoms with Crippen LogP contribution in [0.25, 0.3) is 21.5 Å². The molecule has 2 heterocycles. The number of pyridine rings is 2. The maximum atomic E-state index is 13.3. The van der Waals surface area contributed by atoms with Crippen LogP contribution in [0.1, 0.15) is 70.2 Å². The molecule has 52 heavy (non-hydrogen) atoms. The Balaban J connectivity index is 0.000000325. The van der Waals surface area contributed by atoms with Crippen LogP contribution in [0.3, 0.4) is 0 Å². The Kier molecular flexibility index (Phi) is 12.7. The summed E-state index contributed by atoms with van der Waals surface area (Å²) in [5, 5.41) is 23.8. The van der Waals surface area contributed by atoms with Crippen LogP contribution in [0.4, 0.5) is 0 Å². The predicted molar refractivity (Wildman–Crippen MR) is 207 cm³/mol. The highest BCUT2D eigenvalue weighted by molar-refractivity contribution is 6.08. The van der Waals surface area contributed by atoms with Crippen molar-refractivity contribution in [2.45, 2.75) is 63.8 Å². The fourth-order valence-electron chi connectivity index (χ4n) is 6.90. The first-order chi connectivity index (χ1) is 25.5. The first-order valence-corrected chi connectivity index (χ1v) is 18.0. The zero-order valence-electron chi connectivity index (χ0n) is 29.3. The molecule has 0 fully saturated rings. The Morgan fingerprint density at radius 1 is 0.788 bits per heavy atom. The molecule has 2 aromatic heterocycles. The molecule has 0 saturated heterocycles. The van der Waals surface area contributed by atoms with Crippen LogP contribution in [0.5, 0.6) is 0 Å². The lowest BCUT2D eigenvalue weighted by Crippen LogP contribution is -2.41. The Bertz CT molecular complexity index is 2100.